The molecule has 0 aliphatic rings. The minimum Gasteiger partial charge on any atom is -0.376 e. The summed E-state index contributed by atoms with van der Waals surface area (Å²) in [5.41, 5.74) is 5.68. The highest BCUT2D eigenvalue weighted by Gasteiger charge is 2.03. The Kier molecular flexibility index (Phi) is 6.32. The molecule has 0 spiro atoms. The second kappa shape index (κ2) is 7.03. The van der Waals surface area contributed by atoms with Gasteiger partial charge in [0, 0.05) is 5.56 Å². The van der Waals surface area contributed by atoms with E-state index in [0.29, 0.717) is 5.56 Å². The molecule has 14 heavy (non-hydrogen) atoms. The molecule has 0 aromatic heterocycles. The number of benzene rings is 1. The Morgan fingerprint density at radius 1 is 1.29 bits per heavy atom. The summed E-state index contributed by atoms with van der Waals surface area (Å²) in [6.45, 7) is 4.00. The molecular formula is C10H14N2OS. The number of carbonyl (C=O) groups excluding carboxylic acids is 1. The van der Waals surface area contributed by atoms with Crippen molar-refractivity contribution in [2.24, 2.45) is 5.73 Å². The van der Waals surface area contributed by atoms with E-state index in [9.17, 15) is 4.79 Å². The first-order chi connectivity index (χ1) is 6.70. The first-order valence-corrected chi connectivity index (χ1v) is 4.77. The molecule has 0 unspecified atom stereocenters. The fourth-order valence-corrected chi connectivity index (χ4v) is 0.866. The predicted octanol–water partition coefficient (Wildman–Crippen LogP) is 1.69. The Morgan fingerprint density at radius 3 is 2.21 bits per heavy atom. The summed E-state index contributed by atoms with van der Waals surface area (Å²) >= 11 is 4.52. The van der Waals surface area contributed by atoms with Crippen LogP contribution in [-0.4, -0.2) is 11.0 Å². The predicted molar refractivity (Wildman–Crippen MR) is 62.0 cm³/mol. The van der Waals surface area contributed by atoms with Crippen molar-refractivity contribution < 1.29 is 4.79 Å². The SMILES string of the molecule is CC.NC(=S)NC(=O)c1ccccc1. The number of nitrogens with one attached hydrogen (secondary N) is 1. The van der Waals surface area contributed by atoms with Gasteiger partial charge in [-0.2, -0.15) is 0 Å². The molecule has 1 aromatic carbocycles. The summed E-state index contributed by atoms with van der Waals surface area (Å²) in [6.07, 6.45) is 0. The van der Waals surface area contributed by atoms with Gasteiger partial charge >= 0.3 is 0 Å². The fraction of sp³-hybridized carbons (Fsp3) is 0.200. The van der Waals surface area contributed by atoms with E-state index in [1.165, 1.54) is 0 Å². The van der Waals surface area contributed by atoms with Crippen LogP contribution in [0.1, 0.15) is 24.2 Å². The van der Waals surface area contributed by atoms with Gasteiger partial charge in [0.2, 0.25) is 0 Å². The number of thiocarbonyl (C=S) groups is 1. The van der Waals surface area contributed by atoms with Crippen LogP contribution in [-0.2, 0) is 0 Å². The van der Waals surface area contributed by atoms with Crippen LogP contribution in [0.4, 0.5) is 0 Å². The number of hydrogen-bond acceptors (Lipinski definition) is 2. The van der Waals surface area contributed by atoms with Crippen molar-refractivity contribution >= 4 is 23.2 Å². The van der Waals surface area contributed by atoms with Crippen LogP contribution < -0.4 is 11.1 Å². The summed E-state index contributed by atoms with van der Waals surface area (Å²) in [4.78, 5) is 11.2. The summed E-state index contributed by atoms with van der Waals surface area (Å²) in [5, 5.41) is 2.32. The lowest BCUT2D eigenvalue weighted by molar-refractivity contribution is 0.0977. The minimum atomic E-state index is -0.275. The quantitative estimate of drug-likeness (QED) is 0.693. The van der Waals surface area contributed by atoms with Crippen LogP contribution in [0.2, 0.25) is 0 Å². The maximum absolute atomic E-state index is 11.2. The lowest BCUT2D eigenvalue weighted by Crippen LogP contribution is -2.34. The van der Waals surface area contributed by atoms with Crippen molar-refractivity contribution in [1.29, 1.82) is 0 Å². The molecule has 4 heteroatoms. The van der Waals surface area contributed by atoms with E-state index < -0.39 is 0 Å². The molecule has 3 nitrogen and oxygen atoms in total. The summed E-state index contributed by atoms with van der Waals surface area (Å²) in [7, 11) is 0. The maximum atomic E-state index is 11.2. The molecule has 0 fully saturated rings. The Morgan fingerprint density at radius 2 is 1.79 bits per heavy atom. The van der Waals surface area contributed by atoms with Gasteiger partial charge in [-0.15, -0.1) is 0 Å². The van der Waals surface area contributed by atoms with Gasteiger partial charge < -0.3 is 5.73 Å². The van der Waals surface area contributed by atoms with E-state index in [1.54, 1.807) is 24.3 Å². The normalized spacial score (nSPS) is 8.14. The second-order valence-corrected chi connectivity index (χ2v) is 2.62. The maximum Gasteiger partial charge on any atom is 0.257 e. The number of rotatable bonds is 1. The highest BCUT2D eigenvalue weighted by Crippen LogP contribution is 1.96. The molecule has 0 aliphatic heterocycles. The zero-order valence-corrected chi connectivity index (χ0v) is 9.10. The van der Waals surface area contributed by atoms with Crippen molar-refractivity contribution in [2.45, 2.75) is 13.8 Å². The van der Waals surface area contributed by atoms with Gasteiger partial charge in [0.05, 0.1) is 0 Å². The number of amides is 1. The lowest BCUT2D eigenvalue weighted by Gasteiger charge is -2.00. The third-order valence-corrected chi connectivity index (χ3v) is 1.37. The average Bonchev–Trinajstić information content (AvgIpc) is 2.21. The Hall–Kier alpha value is -1.42. The third-order valence-electron chi connectivity index (χ3n) is 1.27. The van der Waals surface area contributed by atoms with Crippen LogP contribution in [0.15, 0.2) is 30.3 Å². The Bertz CT molecular complexity index is 298. The summed E-state index contributed by atoms with van der Waals surface area (Å²) in [6, 6.07) is 8.75. The molecule has 0 heterocycles. The van der Waals surface area contributed by atoms with Crippen LogP contribution in [0, 0.1) is 0 Å². The van der Waals surface area contributed by atoms with Gasteiger partial charge in [0.1, 0.15) is 0 Å². The third kappa shape index (κ3) is 4.57. The van der Waals surface area contributed by atoms with E-state index >= 15 is 0 Å². The molecule has 0 saturated carbocycles. The van der Waals surface area contributed by atoms with E-state index in [4.69, 9.17) is 5.73 Å². The highest BCUT2D eigenvalue weighted by molar-refractivity contribution is 7.80. The molecule has 0 bridgehead atoms. The average molecular weight is 210 g/mol. The van der Waals surface area contributed by atoms with Crippen molar-refractivity contribution in [3.05, 3.63) is 35.9 Å². The van der Waals surface area contributed by atoms with Gasteiger partial charge in [-0.1, -0.05) is 32.0 Å². The molecule has 0 radical (unpaired) electrons. The van der Waals surface area contributed by atoms with E-state index in [2.05, 4.69) is 17.5 Å². The van der Waals surface area contributed by atoms with Gasteiger partial charge in [-0.3, -0.25) is 10.1 Å². The first kappa shape index (κ1) is 12.6. The summed E-state index contributed by atoms with van der Waals surface area (Å²) < 4.78 is 0. The molecule has 76 valence electrons. The van der Waals surface area contributed by atoms with Crippen LogP contribution in [0.5, 0.6) is 0 Å². The first-order valence-electron chi connectivity index (χ1n) is 4.36. The molecule has 1 rings (SSSR count). The number of hydrogen-bond donors (Lipinski definition) is 2. The highest BCUT2D eigenvalue weighted by atomic mass is 32.1. The van der Waals surface area contributed by atoms with Gasteiger partial charge in [-0.25, -0.2) is 0 Å². The number of carbonyl (C=O) groups is 1. The van der Waals surface area contributed by atoms with Crippen LogP contribution >= 0.6 is 12.2 Å². The van der Waals surface area contributed by atoms with E-state index in [-0.39, 0.29) is 11.0 Å². The van der Waals surface area contributed by atoms with E-state index in [1.807, 2.05) is 19.9 Å². The summed E-state index contributed by atoms with van der Waals surface area (Å²) in [5.74, 6) is -0.275. The minimum absolute atomic E-state index is 0.0103. The Labute approximate surface area is 89.3 Å². The van der Waals surface area contributed by atoms with Crippen molar-refractivity contribution in [2.75, 3.05) is 0 Å². The van der Waals surface area contributed by atoms with Crippen molar-refractivity contribution in [1.82, 2.24) is 5.32 Å². The van der Waals surface area contributed by atoms with Gasteiger partial charge in [0.25, 0.3) is 5.91 Å². The van der Waals surface area contributed by atoms with Crippen LogP contribution in [0.25, 0.3) is 0 Å². The molecule has 0 atom stereocenters. The monoisotopic (exact) mass is 210 g/mol. The Balaban J connectivity index is 0.000000791. The van der Waals surface area contributed by atoms with Crippen LogP contribution in [0.3, 0.4) is 0 Å². The largest absolute Gasteiger partial charge is 0.376 e. The van der Waals surface area contributed by atoms with Crippen molar-refractivity contribution in [3.63, 3.8) is 0 Å². The molecule has 1 aromatic rings. The van der Waals surface area contributed by atoms with Crippen molar-refractivity contribution in [3.8, 4) is 0 Å². The molecule has 0 saturated heterocycles. The zero-order chi connectivity index (χ0) is 11.0. The second-order valence-electron chi connectivity index (χ2n) is 2.18. The van der Waals surface area contributed by atoms with Gasteiger partial charge in [-0.05, 0) is 24.4 Å². The van der Waals surface area contributed by atoms with Gasteiger partial charge in [0.15, 0.2) is 5.11 Å². The number of nitrogens with two attached hydrogens (primary N) is 1. The molecular weight excluding hydrogens is 196 g/mol. The fourth-order valence-electron chi connectivity index (χ4n) is 0.774. The van der Waals surface area contributed by atoms with E-state index in [0.717, 1.165) is 0 Å². The standard InChI is InChI=1S/C8H8N2OS.C2H6/c9-8(12)10-7(11)6-4-2-1-3-5-6;1-2/h1-5H,(H3,9,10,11,12);1-2H3. The smallest absolute Gasteiger partial charge is 0.257 e. The molecule has 3 N–H and O–H groups in total. The topological polar surface area (TPSA) is 55.1 Å². The zero-order valence-electron chi connectivity index (χ0n) is 8.28. The molecule has 0 aliphatic carbocycles. The molecule has 1 amide bonds. The lowest BCUT2D eigenvalue weighted by atomic mass is 10.2.